The molecule has 4 rings (SSSR count). The van der Waals surface area contributed by atoms with E-state index < -0.39 is 0 Å². The number of carbonyl (C=O) groups excluding carboxylic acids is 1. The molecule has 1 unspecified atom stereocenters. The minimum absolute atomic E-state index is 0.00459. The molecule has 1 saturated carbocycles. The predicted molar refractivity (Wildman–Crippen MR) is 90.4 cm³/mol. The lowest BCUT2D eigenvalue weighted by molar-refractivity contribution is -0.129. The van der Waals surface area contributed by atoms with Crippen LogP contribution in [0.4, 0.5) is 9.52 Å². The first-order valence-electron chi connectivity index (χ1n) is 8.24. The molecule has 0 saturated heterocycles. The second-order valence-corrected chi connectivity index (χ2v) is 7.25. The fourth-order valence-corrected chi connectivity index (χ4v) is 3.84. The highest BCUT2D eigenvalue weighted by Crippen LogP contribution is 2.40. The fraction of sp³-hybridized carbons (Fsp3) is 0.471. The van der Waals surface area contributed by atoms with Gasteiger partial charge in [0.1, 0.15) is 11.6 Å². The van der Waals surface area contributed by atoms with Crippen LogP contribution in [0.25, 0.3) is 0 Å². The summed E-state index contributed by atoms with van der Waals surface area (Å²) in [5.74, 6) is 1.20. The molecule has 1 fully saturated rings. The van der Waals surface area contributed by atoms with Crippen molar-refractivity contribution in [1.29, 1.82) is 0 Å². The maximum absolute atomic E-state index is 13.7. The summed E-state index contributed by atoms with van der Waals surface area (Å²) in [5.41, 5.74) is 1.88. The number of anilines is 1. The Kier molecular flexibility index (Phi) is 3.96. The average Bonchev–Trinajstić information content (AvgIpc) is 3.32. The molecule has 2 heterocycles. The quantitative estimate of drug-likeness (QED) is 0.925. The maximum atomic E-state index is 13.7. The Balaban J connectivity index is 1.61. The largest absolute Gasteiger partial charge is 0.353 e. The summed E-state index contributed by atoms with van der Waals surface area (Å²) in [6.45, 7) is 2.64. The van der Waals surface area contributed by atoms with Crippen molar-refractivity contribution in [3.8, 4) is 0 Å². The zero-order valence-electron chi connectivity index (χ0n) is 13.5. The zero-order valence-corrected chi connectivity index (χ0v) is 14.3. The Bertz CT molecular complexity index is 774. The summed E-state index contributed by atoms with van der Waals surface area (Å²) >= 11 is 1.38. The summed E-state index contributed by atoms with van der Waals surface area (Å²) in [4.78, 5) is 18.1. The number of nitrogens with zero attached hydrogens (tertiary/aromatic N) is 3. The number of hydrogen-bond donors (Lipinski definition) is 1. The lowest BCUT2D eigenvalue weighted by Crippen LogP contribution is -2.28. The van der Waals surface area contributed by atoms with Gasteiger partial charge in [-0.25, -0.2) is 9.37 Å². The molecule has 7 heteroatoms. The molecular formula is C17H19FN4OS. The lowest BCUT2D eigenvalue weighted by Gasteiger charge is -2.19. The van der Waals surface area contributed by atoms with E-state index in [2.05, 4.69) is 14.7 Å². The van der Waals surface area contributed by atoms with Crippen LogP contribution in [0.15, 0.2) is 18.2 Å². The number of hydrogen-bond acceptors (Lipinski definition) is 5. The molecule has 1 N–H and O–H groups in total. The van der Waals surface area contributed by atoms with Gasteiger partial charge in [0.2, 0.25) is 11.0 Å². The number of aromatic nitrogens is 2. The van der Waals surface area contributed by atoms with Crippen LogP contribution < -0.4 is 5.32 Å². The molecule has 1 amide bonds. The smallest absolute Gasteiger partial charge is 0.219 e. The third kappa shape index (κ3) is 3.13. The zero-order chi connectivity index (χ0) is 16.7. The van der Waals surface area contributed by atoms with Crippen LogP contribution in [0.1, 0.15) is 55.1 Å². The van der Waals surface area contributed by atoms with Gasteiger partial charge in [-0.05, 0) is 42.5 Å². The standard InChI is InChI=1S/C17H19FN4OS/c1-10(23)22-7-6-15(14-5-4-13(18)8-12(14)9-22)19-17-20-16(21-24-17)11-2-3-11/h4-5,8,11,15H,2-3,6-7,9H2,1H3,(H,19,20,21). The summed E-state index contributed by atoms with van der Waals surface area (Å²) in [7, 11) is 0. The van der Waals surface area contributed by atoms with Gasteiger partial charge >= 0.3 is 0 Å². The third-order valence-electron chi connectivity index (χ3n) is 4.66. The highest BCUT2D eigenvalue weighted by molar-refractivity contribution is 7.09. The van der Waals surface area contributed by atoms with Crippen molar-refractivity contribution in [2.45, 2.75) is 44.7 Å². The SMILES string of the molecule is CC(=O)N1CCC(Nc2nc(C3CC3)ns2)c2ccc(F)cc2C1. The number of halogens is 1. The molecule has 1 aromatic carbocycles. The Labute approximate surface area is 144 Å². The second-order valence-electron chi connectivity index (χ2n) is 6.50. The van der Waals surface area contributed by atoms with E-state index in [1.165, 1.54) is 36.5 Å². The molecule has 0 radical (unpaired) electrons. The van der Waals surface area contributed by atoms with Gasteiger partial charge in [-0.15, -0.1) is 0 Å². The molecule has 2 aromatic rings. The van der Waals surface area contributed by atoms with E-state index in [9.17, 15) is 9.18 Å². The highest BCUT2D eigenvalue weighted by Gasteiger charge is 2.29. The first-order chi connectivity index (χ1) is 11.6. The van der Waals surface area contributed by atoms with E-state index in [-0.39, 0.29) is 17.8 Å². The monoisotopic (exact) mass is 346 g/mol. The predicted octanol–water partition coefficient (Wildman–Crippen LogP) is 3.46. The van der Waals surface area contributed by atoms with Gasteiger partial charge in [0.15, 0.2) is 0 Å². The molecule has 1 aliphatic carbocycles. The fourth-order valence-electron chi connectivity index (χ4n) is 3.14. The topological polar surface area (TPSA) is 58.1 Å². The van der Waals surface area contributed by atoms with Gasteiger partial charge in [-0.2, -0.15) is 4.37 Å². The van der Waals surface area contributed by atoms with Gasteiger partial charge < -0.3 is 10.2 Å². The maximum Gasteiger partial charge on any atom is 0.219 e. The summed E-state index contributed by atoms with van der Waals surface area (Å²) < 4.78 is 18.1. The Morgan fingerprint density at radius 1 is 1.38 bits per heavy atom. The van der Waals surface area contributed by atoms with E-state index in [0.717, 1.165) is 28.5 Å². The number of amides is 1. The van der Waals surface area contributed by atoms with Crippen LogP contribution >= 0.6 is 11.5 Å². The highest BCUT2D eigenvalue weighted by atomic mass is 32.1. The molecular weight excluding hydrogens is 327 g/mol. The van der Waals surface area contributed by atoms with Crippen LogP contribution in [-0.4, -0.2) is 26.7 Å². The van der Waals surface area contributed by atoms with E-state index in [0.29, 0.717) is 19.0 Å². The number of carbonyl (C=O) groups is 1. The molecule has 0 bridgehead atoms. The minimum atomic E-state index is -0.273. The average molecular weight is 346 g/mol. The van der Waals surface area contributed by atoms with E-state index in [1.54, 1.807) is 11.8 Å². The van der Waals surface area contributed by atoms with E-state index in [1.807, 2.05) is 6.07 Å². The Morgan fingerprint density at radius 3 is 2.96 bits per heavy atom. The molecule has 24 heavy (non-hydrogen) atoms. The van der Waals surface area contributed by atoms with Crippen LogP contribution in [0.5, 0.6) is 0 Å². The van der Waals surface area contributed by atoms with Crippen molar-refractivity contribution in [3.63, 3.8) is 0 Å². The van der Waals surface area contributed by atoms with Gasteiger partial charge in [0.25, 0.3) is 0 Å². The van der Waals surface area contributed by atoms with E-state index in [4.69, 9.17) is 0 Å². The van der Waals surface area contributed by atoms with Crippen molar-refractivity contribution < 1.29 is 9.18 Å². The molecule has 2 aliphatic rings. The Morgan fingerprint density at radius 2 is 2.21 bits per heavy atom. The van der Waals surface area contributed by atoms with Crippen LogP contribution in [0, 0.1) is 5.82 Å². The van der Waals surface area contributed by atoms with Crippen LogP contribution in [0.3, 0.4) is 0 Å². The molecule has 1 aromatic heterocycles. The van der Waals surface area contributed by atoms with E-state index >= 15 is 0 Å². The van der Waals surface area contributed by atoms with Crippen LogP contribution in [0.2, 0.25) is 0 Å². The third-order valence-corrected chi connectivity index (χ3v) is 5.32. The summed E-state index contributed by atoms with van der Waals surface area (Å²) in [6, 6.07) is 4.83. The minimum Gasteiger partial charge on any atom is -0.353 e. The number of nitrogens with one attached hydrogen (secondary N) is 1. The number of fused-ring (bicyclic) bond motifs is 1. The summed E-state index contributed by atoms with van der Waals surface area (Å²) in [5, 5.41) is 4.24. The second kappa shape index (κ2) is 6.12. The van der Waals surface area contributed by atoms with Gasteiger partial charge in [-0.3, -0.25) is 4.79 Å². The van der Waals surface area contributed by atoms with Crippen LogP contribution in [-0.2, 0) is 11.3 Å². The molecule has 5 nitrogen and oxygen atoms in total. The van der Waals surface area contributed by atoms with Crippen molar-refractivity contribution in [2.24, 2.45) is 0 Å². The molecule has 0 spiro atoms. The lowest BCUT2D eigenvalue weighted by atomic mass is 9.99. The first kappa shape index (κ1) is 15.5. The van der Waals surface area contributed by atoms with Crippen molar-refractivity contribution >= 4 is 22.6 Å². The molecule has 1 atom stereocenters. The summed E-state index contributed by atoms with van der Waals surface area (Å²) in [6.07, 6.45) is 3.11. The number of benzene rings is 1. The van der Waals surface area contributed by atoms with Crippen molar-refractivity contribution in [2.75, 3.05) is 11.9 Å². The van der Waals surface area contributed by atoms with Gasteiger partial charge in [0.05, 0.1) is 6.04 Å². The van der Waals surface area contributed by atoms with Gasteiger partial charge in [0, 0.05) is 37.5 Å². The molecule has 126 valence electrons. The Hall–Kier alpha value is -2.02. The van der Waals surface area contributed by atoms with Crippen molar-refractivity contribution in [3.05, 3.63) is 41.0 Å². The molecule has 1 aliphatic heterocycles. The van der Waals surface area contributed by atoms with Crippen molar-refractivity contribution in [1.82, 2.24) is 14.3 Å². The van der Waals surface area contributed by atoms with Gasteiger partial charge in [-0.1, -0.05) is 6.07 Å². The normalized spacial score (nSPS) is 20.4. The first-order valence-corrected chi connectivity index (χ1v) is 9.01. The number of rotatable bonds is 3.